The lowest BCUT2D eigenvalue weighted by Crippen LogP contribution is -2.17. The van der Waals surface area contributed by atoms with Gasteiger partial charge in [-0.3, -0.25) is 4.79 Å². The van der Waals surface area contributed by atoms with E-state index in [1.165, 1.54) is 0 Å². The molecule has 1 aromatic carbocycles. The SMILES string of the molecule is CCC(C)n1nccc1NC(=O)CCc1ccc(Cl)cc1. The Morgan fingerprint density at radius 1 is 1.33 bits per heavy atom. The zero-order valence-electron chi connectivity index (χ0n) is 12.3. The van der Waals surface area contributed by atoms with Gasteiger partial charge in [0.2, 0.25) is 5.91 Å². The molecule has 5 heteroatoms. The van der Waals surface area contributed by atoms with E-state index in [1.54, 1.807) is 6.20 Å². The van der Waals surface area contributed by atoms with E-state index in [4.69, 9.17) is 11.6 Å². The van der Waals surface area contributed by atoms with E-state index in [2.05, 4.69) is 24.3 Å². The first-order chi connectivity index (χ1) is 10.1. The molecular weight excluding hydrogens is 286 g/mol. The third-order valence-corrected chi connectivity index (χ3v) is 3.75. The van der Waals surface area contributed by atoms with Gasteiger partial charge in [-0.1, -0.05) is 30.7 Å². The summed E-state index contributed by atoms with van der Waals surface area (Å²) in [5, 5.41) is 7.89. The number of rotatable bonds is 6. The molecule has 0 aliphatic carbocycles. The number of hydrogen-bond acceptors (Lipinski definition) is 2. The van der Waals surface area contributed by atoms with Crippen LogP contribution in [0.25, 0.3) is 0 Å². The lowest BCUT2D eigenvalue weighted by atomic mass is 10.1. The molecule has 0 radical (unpaired) electrons. The smallest absolute Gasteiger partial charge is 0.225 e. The molecule has 112 valence electrons. The van der Waals surface area contributed by atoms with Gasteiger partial charge in [-0.05, 0) is 37.5 Å². The number of carbonyl (C=O) groups is 1. The number of aryl methyl sites for hydroxylation is 1. The Morgan fingerprint density at radius 2 is 2.05 bits per heavy atom. The highest BCUT2D eigenvalue weighted by Gasteiger charge is 2.11. The number of hydrogen-bond donors (Lipinski definition) is 1. The Bertz CT molecular complexity index is 592. The summed E-state index contributed by atoms with van der Waals surface area (Å²) in [5.41, 5.74) is 1.10. The van der Waals surface area contributed by atoms with Crippen LogP contribution in [0.15, 0.2) is 36.5 Å². The predicted octanol–water partition coefficient (Wildman–Crippen LogP) is 4.08. The van der Waals surface area contributed by atoms with Crippen molar-refractivity contribution in [1.82, 2.24) is 9.78 Å². The van der Waals surface area contributed by atoms with Crippen molar-refractivity contribution in [3.05, 3.63) is 47.1 Å². The number of nitrogens with zero attached hydrogens (tertiary/aromatic N) is 2. The van der Waals surface area contributed by atoms with Gasteiger partial charge in [-0.25, -0.2) is 4.68 Å². The maximum atomic E-state index is 12.0. The van der Waals surface area contributed by atoms with E-state index in [0.717, 1.165) is 17.8 Å². The Kier molecular flexibility index (Phi) is 5.39. The van der Waals surface area contributed by atoms with Crippen LogP contribution >= 0.6 is 11.6 Å². The third kappa shape index (κ3) is 4.33. The molecule has 1 aromatic heterocycles. The molecule has 1 N–H and O–H groups in total. The predicted molar refractivity (Wildman–Crippen MR) is 85.6 cm³/mol. The lowest BCUT2D eigenvalue weighted by Gasteiger charge is -2.14. The van der Waals surface area contributed by atoms with Gasteiger partial charge in [0.25, 0.3) is 0 Å². The first-order valence-electron chi connectivity index (χ1n) is 7.18. The van der Waals surface area contributed by atoms with E-state index in [0.29, 0.717) is 17.9 Å². The Hall–Kier alpha value is -1.81. The highest BCUT2D eigenvalue weighted by molar-refractivity contribution is 6.30. The van der Waals surface area contributed by atoms with E-state index in [-0.39, 0.29) is 11.9 Å². The second-order valence-corrected chi connectivity index (χ2v) is 5.53. The van der Waals surface area contributed by atoms with Crippen molar-refractivity contribution >= 4 is 23.3 Å². The highest BCUT2D eigenvalue weighted by Crippen LogP contribution is 2.17. The summed E-state index contributed by atoms with van der Waals surface area (Å²) in [5.74, 6) is 0.750. The molecule has 0 saturated heterocycles. The minimum absolute atomic E-state index is 0.00463. The van der Waals surface area contributed by atoms with Crippen molar-refractivity contribution in [2.45, 2.75) is 39.2 Å². The van der Waals surface area contributed by atoms with Gasteiger partial charge in [0.05, 0.1) is 12.2 Å². The largest absolute Gasteiger partial charge is 0.311 e. The van der Waals surface area contributed by atoms with Crippen LogP contribution in [0.1, 0.15) is 38.3 Å². The number of carbonyl (C=O) groups excluding carboxylic acids is 1. The van der Waals surface area contributed by atoms with Gasteiger partial charge in [-0.15, -0.1) is 0 Å². The molecule has 0 fully saturated rings. The van der Waals surface area contributed by atoms with Gasteiger partial charge in [0, 0.05) is 17.5 Å². The Morgan fingerprint density at radius 3 is 2.71 bits per heavy atom. The average molecular weight is 306 g/mol. The molecule has 0 spiro atoms. The number of benzene rings is 1. The van der Waals surface area contributed by atoms with Crippen LogP contribution in [0.2, 0.25) is 5.02 Å². The molecule has 1 amide bonds. The quantitative estimate of drug-likeness (QED) is 0.874. The molecule has 1 unspecified atom stereocenters. The molecule has 0 bridgehead atoms. The second-order valence-electron chi connectivity index (χ2n) is 5.09. The molecule has 4 nitrogen and oxygen atoms in total. The number of amides is 1. The first kappa shape index (κ1) is 15.6. The molecule has 1 atom stereocenters. The van der Waals surface area contributed by atoms with Crippen LogP contribution in [-0.4, -0.2) is 15.7 Å². The fourth-order valence-corrected chi connectivity index (χ4v) is 2.18. The van der Waals surface area contributed by atoms with Crippen molar-refractivity contribution in [2.75, 3.05) is 5.32 Å². The average Bonchev–Trinajstić information content (AvgIpc) is 2.94. The van der Waals surface area contributed by atoms with Crippen molar-refractivity contribution in [3.8, 4) is 0 Å². The van der Waals surface area contributed by atoms with Crippen LogP contribution < -0.4 is 5.32 Å². The fourth-order valence-electron chi connectivity index (χ4n) is 2.05. The van der Waals surface area contributed by atoms with Gasteiger partial charge in [0.1, 0.15) is 5.82 Å². The molecule has 21 heavy (non-hydrogen) atoms. The molecule has 0 saturated carbocycles. The molecule has 2 aromatic rings. The van der Waals surface area contributed by atoms with Crippen LogP contribution in [-0.2, 0) is 11.2 Å². The second kappa shape index (κ2) is 7.27. The van der Waals surface area contributed by atoms with E-state index >= 15 is 0 Å². The molecular formula is C16H20ClN3O. The zero-order valence-corrected chi connectivity index (χ0v) is 13.1. The summed E-state index contributed by atoms with van der Waals surface area (Å²) in [7, 11) is 0. The number of halogens is 1. The van der Waals surface area contributed by atoms with Gasteiger partial charge in [-0.2, -0.15) is 5.10 Å². The standard InChI is InChI=1S/C16H20ClN3O/c1-3-12(2)20-15(10-11-18-20)19-16(21)9-6-13-4-7-14(17)8-5-13/h4-5,7-8,10-12H,3,6,9H2,1-2H3,(H,19,21). The number of aromatic nitrogens is 2. The summed E-state index contributed by atoms with van der Waals surface area (Å²) in [6, 6.07) is 9.66. The van der Waals surface area contributed by atoms with Crippen LogP contribution in [0, 0.1) is 0 Å². The monoisotopic (exact) mass is 305 g/mol. The topological polar surface area (TPSA) is 46.9 Å². The van der Waals surface area contributed by atoms with Gasteiger partial charge < -0.3 is 5.32 Å². The number of nitrogens with one attached hydrogen (secondary N) is 1. The maximum absolute atomic E-state index is 12.0. The Balaban J connectivity index is 1.90. The van der Waals surface area contributed by atoms with E-state index < -0.39 is 0 Å². The van der Waals surface area contributed by atoms with Crippen molar-refractivity contribution in [1.29, 1.82) is 0 Å². The maximum Gasteiger partial charge on any atom is 0.225 e. The zero-order chi connectivity index (χ0) is 15.2. The molecule has 2 rings (SSSR count). The third-order valence-electron chi connectivity index (χ3n) is 3.50. The minimum Gasteiger partial charge on any atom is -0.311 e. The summed E-state index contributed by atoms with van der Waals surface area (Å²) in [6.45, 7) is 4.18. The van der Waals surface area contributed by atoms with E-state index in [9.17, 15) is 4.79 Å². The fraction of sp³-hybridized carbons (Fsp3) is 0.375. The van der Waals surface area contributed by atoms with Crippen LogP contribution in [0.3, 0.4) is 0 Å². The van der Waals surface area contributed by atoms with Gasteiger partial charge >= 0.3 is 0 Å². The molecule has 0 aliphatic heterocycles. The van der Waals surface area contributed by atoms with Crippen LogP contribution in [0.5, 0.6) is 0 Å². The summed E-state index contributed by atoms with van der Waals surface area (Å²) in [4.78, 5) is 12.0. The normalized spacial score (nSPS) is 12.1. The van der Waals surface area contributed by atoms with Crippen molar-refractivity contribution in [3.63, 3.8) is 0 Å². The minimum atomic E-state index is -0.00463. The van der Waals surface area contributed by atoms with Crippen LogP contribution in [0.4, 0.5) is 5.82 Å². The van der Waals surface area contributed by atoms with Gasteiger partial charge in [0.15, 0.2) is 0 Å². The van der Waals surface area contributed by atoms with Crippen molar-refractivity contribution in [2.24, 2.45) is 0 Å². The molecule has 0 aliphatic rings. The summed E-state index contributed by atoms with van der Waals surface area (Å²) in [6.07, 6.45) is 3.81. The first-order valence-corrected chi connectivity index (χ1v) is 7.55. The van der Waals surface area contributed by atoms with Crippen molar-refractivity contribution < 1.29 is 4.79 Å². The summed E-state index contributed by atoms with van der Waals surface area (Å²) < 4.78 is 1.85. The van der Waals surface area contributed by atoms with E-state index in [1.807, 2.05) is 35.0 Å². The summed E-state index contributed by atoms with van der Waals surface area (Å²) >= 11 is 5.84. The number of anilines is 1. The molecule has 1 heterocycles. The Labute approximate surface area is 130 Å². The highest BCUT2D eigenvalue weighted by atomic mass is 35.5. The lowest BCUT2D eigenvalue weighted by molar-refractivity contribution is -0.116.